The van der Waals surface area contributed by atoms with Crippen molar-refractivity contribution in [3.05, 3.63) is 28.2 Å². The van der Waals surface area contributed by atoms with Crippen LogP contribution >= 0.6 is 15.9 Å². The zero-order valence-electron chi connectivity index (χ0n) is 11.4. The van der Waals surface area contributed by atoms with Crippen molar-refractivity contribution >= 4 is 15.9 Å². The van der Waals surface area contributed by atoms with Crippen molar-refractivity contribution in [3.63, 3.8) is 0 Å². The fraction of sp³-hybridized carbons (Fsp3) is 0.600. The van der Waals surface area contributed by atoms with Gasteiger partial charge in [0.25, 0.3) is 0 Å². The van der Waals surface area contributed by atoms with Gasteiger partial charge in [0.15, 0.2) is 0 Å². The van der Waals surface area contributed by atoms with E-state index in [0.29, 0.717) is 12.5 Å². The highest BCUT2D eigenvalue weighted by Gasteiger charge is 2.20. The van der Waals surface area contributed by atoms with Gasteiger partial charge in [0.1, 0.15) is 5.75 Å². The lowest BCUT2D eigenvalue weighted by atomic mass is 9.95. The summed E-state index contributed by atoms with van der Waals surface area (Å²) in [6.45, 7) is 3.44. The Morgan fingerprint density at radius 3 is 3.05 bits per heavy atom. The Hall–Kier alpha value is -0.580. The second-order valence-electron chi connectivity index (χ2n) is 5.21. The molecule has 1 N–H and O–H groups in total. The molecule has 0 spiro atoms. The van der Waals surface area contributed by atoms with Crippen LogP contribution in [-0.4, -0.2) is 36.8 Å². The molecule has 1 saturated heterocycles. The minimum Gasteiger partial charge on any atom is -0.496 e. The van der Waals surface area contributed by atoms with Crippen LogP contribution < -0.4 is 4.74 Å². The van der Waals surface area contributed by atoms with E-state index in [1.54, 1.807) is 7.11 Å². The summed E-state index contributed by atoms with van der Waals surface area (Å²) in [6.07, 6.45) is 3.39. The van der Waals surface area contributed by atoms with E-state index in [2.05, 4.69) is 26.9 Å². The lowest BCUT2D eigenvalue weighted by Gasteiger charge is -2.32. The number of rotatable bonds is 5. The molecule has 1 atom stereocenters. The molecular formula is C15H22BrNO2. The van der Waals surface area contributed by atoms with Gasteiger partial charge in [0.05, 0.1) is 7.11 Å². The van der Waals surface area contributed by atoms with Crippen molar-refractivity contribution in [1.82, 2.24) is 4.90 Å². The Balaban J connectivity index is 2.01. The first-order valence-electron chi connectivity index (χ1n) is 6.88. The predicted molar refractivity (Wildman–Crippen MR) is 80.4 cm³/mol. The van der Waals surface area contributed by atoms with Crippen LogP contribution in [0.5, 0.6) is 5.75 Å². The third-order valence-corrected chi connectivity index (χ3v) is 4.27. The largest absolute Gasteiger partial charge is 0.496 e. The van der Waals surface area contributed by atoms with Crippen LogP contribution in [0.4, 0.5) is 0 Å². The zero-order chi connectivity index (χ0) is 13.7. The van der Waals surface area contributed by atoms with Gasteiger partial charge in [0.2, 0.25) is 0 Å². The second kappa shape index (κ2) is 7.27. The van der Waals surface area contributed by atoms with Gasteiger partial charge in [-0.3, -0.25) is 4.90 Å². The molecule has 1 aliphatic heterocycles. The number of methoxy groups -OCH3 is 1. The molecule has 1 aliphatic rings. The molecule has 2 rings (SSSR count). The second-order valence-corrected chi connectivity index (χ2v) is 6.13. The van der Waals surface area contributed by atoms with Crippen LogP contribution in [0, 0.1) is 5.92 Å². The molecule has 0 radical (unpaired) electrons. The van der Waals surface area contributed by atoms with Crippen molar-refractivity contribution < 1.29 is 9.84 Å². The topological polar surface area (TPSA) is 32.7 Å². The molecule has 4 heteroatoms. The summed E-state index contributed by atoms with van der Waals surface area (Å²) in [5, 5.41) is 9.07. The van der Waals surface area contributed by atoms with Crippen LogP contribution in [0.15, 0.2) is 22.7 Å². The summed E-state index contributed by atoms with van der Waals surface area (Å²) in [5.74, 6) is 1.59. The maximum Gasteiger partial charge on any atom is 0.123 e. The molecule has 0 amide bonds. The molecule has 1 unspecified atom stereocenters. The Bertz CT molecular complexity index is 409. The van der Waals surface area contributed by atoms with Crippen molar-refractivity contribution in [3.8, 4) is 5.75 Å². The first kappa shape index (κ1) is 14.8. The van der Waals surface area contributed by atoms with Gasteiger partial charge in [-0.1, -0.05) is 15.9 Å². The van der Waals surface area contributed by atoms with Gasteiger partial charge < -0.3 is 9.84 Å². The van der Waals surface area contributed by atoms with Crippen LogP contribution in [0.1, 0.15) is 24.8 Å². The average Bonchev–Trinajstić information content (AvgIpc) is 2.40. The zero-order valence-corrected chi connectivity index (χ0v) is 13.0. The van der Waals surface area contributed by atoms with Gasteiger partial charge in [-0.25, -0.2) is 0 Å². The lowest BCUT2D eigenvalue weighted by Crippen LogP contribution is -2.35. The van der Waals surface area contributed by atoms with Crippen molar-refractivity contribution in [1.29, 1.82) is 0 Å². The quantitative estimate of drug-likeness (QED) is 0.902. The van der Waals surface area contributed by atoms with Gasteiger partial charge in [0, 0.05) is 29.7 Å². The molecule has 1 heterocycles. The van der Waals surface area contributed by atoms with Crippen LogP contribution in [-0.2, 0) is 6.54 Å². The number of likely N-dealkylation sites (tertiary alicyclic amines) is 1. The maximum absolute atomic E-state index is 9.07. The molecule has 19 heavy (non-hydrogen) atoms. The first-order valence-corrected chi connectivity index (χ1v) is 7.68. The number of hydrogen-bond acceptors (Lipinski definition) is 3. The maximum atomic E-state index is 9.07. The summed E-state index contributed by atoms with van der Waals surface area (Å²) in [7, 11) is 1.72. The Labute approximate surface area is 123 Å². The molecule has 1 aromatic rings. The van der Waals surface area contributed by atoms with Crippen LogP contribution in [0.25, 0.3) is 0 Å². The summed E-state index contributed by atoms with van der Waals surface area (Å²) >= 11 is 3.52. The molecule has 1 aromatic carbocycles. The number of hydrogen-bond donors (Lipinski definition) is 1. The van der Waals surface area contributed by atoms with E-state index >= 15 is 0 Å². The molecule has 0 aromatic heterocycles. The van der Waals surface area contributed by atoms with E-state index in [1.165, 1.54) is 18.4 Å². The molecule has 0 saturated carbocycles. The van der Waals surface area contributed by atoms with Crippen molar-refractivity contribution in [2.45, 2.75) is 25.8 Å². The van der Waals surface area contributed by atoms with E-state index < -0.39 is 0 Å². The van der Waals surface area contributed by atoms with Crippen molar-refractivity contribution in [2.24, 2.45) is 5.92 Å². The predicted octanol–water partition coefficient (Wildman–Crippen LogP) is 3.05. The molecule has 3 nitrogen and oxygen atoms in total. The van der Waals surface area contributed by atoms with Gasteiger partial charge in [-0.05, 0) is 49.9 Å². The number of piperidine rings is 1. The summed E-state index contributed by atoms with van der Waals surface area (Å²) in [4.78, 5) is 2.47. The van der Waals surface area contributed by atoms with Gasteiger partial charge in [-0.2, -0.15) is 0 Å². The smallest absolute Gasteiger partial charge is 0.123 e. The number of aliphatic hydroxyl groups excluding tert-OH is 1. The fourth-order valence-corrected chi connectivity index (χ4v) is 3.23. The highest BCUT2D eigenvalue weighted by molar-refractivity contribution is 9.10. The standard InChI is InChI=1S/C15H22BrNO2/c1-19-15-5-4-14(16)9-13(15)11-17-7-2-3-12(10-17)6-8-18/h4-5,9,12,18H,2-3,6-8,10-11H2,1H3. The Kier molecular flexibility index (Phi) is 5.67. The third kappa shape index (κ3) is 4.20. The Morgan fingerprint density at radius 1 is 1.47 bits per heavy atom. The first-order chi connectivity index (χ1) is 9.22. The lowest BCUT2D eigenvalue weighted by molar-refractivity contribution is 0.141. The minimum absolute atomic E-state index is 0.304. The highest BCUT2D eigenvalue weighted by atomic mass is 79.9. The third-order valence-electron chi connectivity index (χ3n) is 3.78. The van der Waals surface area contributed by atoms with E-state index in [9.17, 15) is 0 Å². The molecule has 106 valence electrons. The molecule has 0 aliphatic carbocycles. The normalized spacial score (nSPS) is 20.5. The van der Waals surface area contributed by atoms with Crippen LogP contribution in [0.2, 0.25) is 0 Å². The van der Waals surface area contributed by atoms with Gasteiger partial charge in [-0.15, -0.1) is 0 Å². The van der Waals surface area contributed by atoms with Crippen LogP contribution in [0.3, 0.4) is 0 Å². The molecule has 1 fully saturated rings. The van der Waals surface area contributed by atoms with E-state index in [4.69, 9.17) is 9.84 Å². The summed E-state index contributed by atoms with van der Waals surface area (Å²) < 4.78 is 6.52. The van der Waals surface area contributed by atoms with Crippen molar-refractivity contribution in [2.75, 3.05) is 26.8 Å². The SMILES string of the molecule is COc1ccc(Br)cc1CN1CCCC(CCO)C1. The monoisotopic (exact) mass is 327 g/mol. The summed E-state index contributed by atoms with van der Waals surface area (Å²) in [6, 6.07) is 6.15. The average molecular weight is 328 g/mol. The molecule has 0 bridgehead atoms. The van der Waals surface area contributed by atoms with E-state index in [0.717, 1.165) is 36.3 Å². The highest BCUT2D eigenvalue weighted by Crippen LogP contribution is 2.27. The van der Waals surface area contributed by atoms with Gasteiger partial charge >= 0.3 is 0 Å². The number of halogens is 1. The summed E-state index contributed by atoms with van der Waals surface area (Å²) in [5.41, 5.74) is 1.22. The number of aliphatic hydroxyl groups is 1. The van der Waals surface area contributed by atoms with E-state index in [-0.39, 0.29) is 0 Å². The Morgan fingerprint density at radius 2 is 2.32 bits per heavy atom. The number of ether oxygens (including phenoxy) is 1. The fourth-order valence-electron chi connectivity index (χ4n) is 2.82. The van der Waals surface area contributed by atoms with E-state index in [1.807, 2.05) is 12.1 Å². The number of nitrogens with zero attached hydrogens (tertiary/aromatic N) is 1. The number of benzene rings is 1. The molecular weight excluding hydrogens is 306 g/mol. The minimum atomic E-state index is 0.304.